The van der Waals surface area contributed by atoms with Crippen molar-refractivity contribution in [3.8, 4) is 5.75 Å². The molecule has 82 valence electrons. The van der Waals surface area contributed by atoms with Gasteiger partial charge in [-0.15, -0.1) is 0 Å². The fraction of sp³-hybridized carbons (Fsp3) is 0.364. The average Bonchev–Trinajstić information content (AvgIpc) is 2.17. The number of carbonyl (C=O) groups is 1. The molecule has 0 unspecified atom stereocenters. The van der Waals surface area contributed by atoms with Crippen LogP contribution >= 0.6 is 0 Å². The Morgan fingerprint density at radius 1 is 1.47 bits per heavy atom. The second-order valence-corrected chi connectivity index (χ2v) is 3.48. The van der Waals surface area contributed by atoms with E-state index in [9.17, 15) is 4.79 Å². The molecule has 0 spiro atoms. The molecule has 15 heavy (non-hydrogen) atoms. The van der Waals surface area contributed by atoms with E-state index in [0.29, 0.717) is 11.3 Å². The quantitative estimate of drug-likeness (QED) is 0.814. The van der Waals surface area contributed by atoms with Crippen molar-refractivity contribution in [2.45, 2.75) is 6.04 Å². The van der Waals surface area contributed by atoms with E-state index < -0.39 is 12.0 Å². The molecule has 0 fully saturated rings. The fourth-order valence-electron chi connectivity index (χ4n) is 1.47. The number of aliphatic carboxylic acids is 1. The fourth-order valence-corrected chi connectivity index (χ4v) is 1.47. The highest BCUT2D eigenvalue weighted by atomic mass is 16.5. The molecule has 0 aliphatic carbocycles. The van der Waals surface area contributed by atoms with Crippen LogP contribution in [0.2, 0.25) is 0 Å². The van der Waals surface area contributed by atoms with E-state index in [2.05, 4.69) is 0 Å². The number of carboxylic acid groups (broad SMARTS) is 1. The van der Waals surface area contributed by atoms with Gasteiger partial charge in [-0.25, -0.2) is 0 Å². The molecule has 0 radical (unpaired) electrons. The lowest BCUT2D eigenvalue weighted by Crippen LogP contribution is -2.27. The van der Waals surface area contributed by atoms with Gasteiger partial charge in [-0.3, -0.25) is 9.69 Å². The van der Waals surface area contributed by atoms with Gasteiger partial charge in [-0.05, 0) is 31.8 Å². The largest absolute Gasteiger partial charge is 0.497 e. The van der Waals surface area contributed by atoms with E-state index in [-0.39, 0.29) is 0 Å². The summed E-state index contributed by atoms with van der Waals surface area (Å²) in [5.74, 6) is -0.200. The van der Waals surface area contributed by atoms with E-state index in [1.807, 2.05) is 0 Å². The van der Waals surface area contributed by atoms with Crippen LogP contribution in [0.5, 0.6) is 5.75 Å². The van der Waals surface area contributed by atoms with Crippen molar-refractivity contribution < 1.29 is 14.6 Å². The van der Waals surface area contributed by atoms with E-state index in [1.54, 1.807) is 50.4 Å². The molecule has 0 aliphatic heterocycles. The topological polar surface area (TPSA) is 49.8 Å². The third-order valence-electron chi connectivity index (χ3n) is 2.16. The van der Waals surface area contributed by atoms with Gasteiger partial charge in [0.2, 0.25) is 0 Å². The number of carboxylic acids is 1. The third kappa shape index (κ3) is 2.70. The van der Waals surface area contributed by atoms with Crippen LogP contribution < -0.4 is 4.74 Å². The lowest BCUT2D eigenvalue weighted by molar-refractivity contribution is -0.142. The van der Waals surface area contributed by atoms with E-state index in [1.165, 1.54) is 0 Å². The number of ether oxygens (including phenoxy) is 1. The zero-order valence-electron chi connectivity index (χ0n) is 9.10. The van der Waals surface area contributed by atoms with Gasteiger partial charge >= 0.3 is 5.97 Å². The normalized spacial score (nSPS) is 12.5. The van der Waals surface area contributed by atoms with Crippen LogP contribution in [0.3, 0.4) is 0 Å². The Hall–Kier alpha value is -1.55. The first-order chi connectivity index (χ1) is 7.06. The van der Waals surface area contributed by atoms with Crippen LogP contribution in [0.25, 0.3) is 0 Å². The summed E-state index contributed by atoms with van der Waals surface area (Å²) in [4.78, 5) is 12.7. The molecule has 1 N–H and O–H groups in total. The number of hydrogen-bond acceptors (Lipinski definition) is 3. The van der Waals surface area contributed by atoms with E-state index in [4.69, 9.17) is 9.84 Å². The maximum atomic E-state index is 11.1. The molecule has 0 bridgehead atoms. The molecular formula is C11H15NO3. The van der Waals surface area contributed by atoms with Crippen molar-refractivity contribution in [1.82, 2.24) is 4.90 Å². The minimum Gasteiger partial charge on any atom is -0.497 e. The Morgan fingerprint density at radius 3 is 2.60 bits per heavy atom. The van der Waals surface area contributed by atoms with Gasteiger partial charge in [0.1, 0.15) is 11.8 Å². The smallest absolute Gasteiger partial charge is 0.325 e. The molecule has 0 saturated heterocycles. The van der Waals surface area contributed by atoms with Gasteiger partial charge in [-0.1, -0.05) is 12.1 Å². The first-order valence-corrected chi connectivity index (χ1v) is 4.59. The summed E-state index contributed by atoms with van der Waals surface area (Å²) in [5, 5.41) is 9.08. The molecule has 0 aromatic heterocycles. The summed E-state index contributed by atoms with van der Waals surface area (Å²) in [6.45, 7) is 0. The van der Waals surface area contributed by atoms with Crippen molar-refractivity contribution in [2.24, 2.45) is 0 Å². The molecule has 4 nitrogen and oxygen atoms in total. The minimum absolute atomic E-state index is 0.639. The predicted octanol–water partition coefficient (Wildman–Crippen LogP) is 1.38. The first kappa shape index (κ1) is 11.5. The van der Waals surface area contributed by atoms with Crippen molar-refractivity contribution in [3.05, 3.63) is 29.8 Å². The van der Waals surface area contributed by atoms with Gasteiger partial charge < -0.3 is 9.84 Å². The Bertz CT molecular complexity index is 349. The minimum atomic E-state index is -0.867. The van der Waals surface area contributed by atoms with Gasteiger partial charge in [-0.2, -0.15) is 0 Å². The second-order valence-electron chi connectivity index (χ2n) is 3.48. The average molecular weight is 209 g/mol. The molecule has 4 heteroatoms. The van der Waals surface area contributed by atoms with Gasteiger partial charge in [0, 0.05) is 0 Å². The van der Waals surface area contributed by atoms with Gasteiger partial charge in [0.05, 0.1) is 7.11 Å². The number of rotatable bonds is 4. The number of benzene rings is 1. The maximum absolute atomic E-state index is 11.1. The summed E-state index contributed by atoms with van der Waals surface area (Å²) < 4.78 is 5.05. The monoisotopic (exact) mass is 209 g/mol. The van der Waals surface area contributed by atoms with Crippen molar-refractivity contribution >= 4 is 5.97 Å². The molecule has 1 aromatic rings. The molecule has 0 heterocycles. The molecular weight excluding hydrogens is 194 g/mol. The Morgan fingerprint density at radius 2 is 2.13 bits per heavy atom. The highest BCUT2D eigenvalue weighted by Crippen LogP contribution is 2.22. The molecule has 0 aliphatic rings. The SMILES string of the molecule is COc1cccc([C@@H](C(=O)O)N(C)C)c1. The molecule has 1 atom stereocenters. The summed E-state index contributed by atoms with van der Waals surface area (Å²) in [6, 6.07) is 6.45. The Kier molecular flexibility index (Phi) is 3.68. The van der Waals surface area contributed by atoms with E-state index in [0.717, 1.165) is 0 Å². The van der Waals surface area contributed by atoms with Crippen LogP contribution in [0, 0.1) is 0 Å². The zero-order valence-corrected chi connectivity index (χ0v) is 9.10. The van der Waals surface area contributed by atoms with Crippen LogP contribution in [-0.4, -0.2) is 37.2 Å². The predicted molar refractivity (Wildman–Crippen MR) is 57.1 cm³/mol. The summed E-state index contributed by atoms with van der Waals surface area (Å²) in [7, 11) is 5.03. The van der Waals surface area contributed by atoms with Crippen LogP contribution in [0.1, 0.15) is 11.6 Å². The first-order valence-electron chi connectivity index (χ1n) is 4.59. The summed E-state index contributed by atoms with van der Waals surface area (Å²) in [5.41, 5.74) is 0.715. The van der Waals surface area contributed by atoms with Gasteiger partial charge in [0.25, 0.3) is 0 Å². The lowest BCUT2D eigenvalue weighted by Gasteiger charge is -2.20. The highest BCUT2D eigenvalue weighted by molar-refractivity contribution is 5.75. The third-order valence-corrected chi connectivity index (χ3v) is 2.16. The summed E-state index contributed by atoms with van der Waals surface area (Å²) >= 11 is 0. The van der Waals surface area contributed by atoms with Crippen molar-refractivity contribution in [2.75, 3.05) is 21.2 Å². The van der Waals surface area contributed by atoms with Crippen LogP contribution in [0.4, 0.5) is 0 Å². The van der Waals surface area contributed by atoms with E-state index >= 15 is 0 Å². The number of hydrogen-bond donors (Lipinski definition) is 1. The van der Waals surface area contributed by atoms with Crippen LogP contribution in [0.15, 0.2) is 24.3 Å². The zero-order chi connectivity index (χ0) is 11.4. The van der Waals surface area contributed by atoms with Crippen molar-refractivity contribution in [1.29, 1.82) is 0 Å². The van der Waals surface area contributed by atoms with Gasteiger partial charge in [0.15, 0.2) is 0 Å². The Balaban J connectivity index is 3.05. The second kappa shape index (κ2) is 4.79. The lowest BCUT2D eigenvalue weighted by atomic mass is 10.1. The molecule has 0 amide bonds. The van der Waals surface area contributed by atoms with Crippen LogP contribution in [-0.2, 0) is 4.79 Å². The standard InChI is InChI=1S/C11H15NO3/c1-12(2)10(11(13)14)8-5-4-6-9(7-8)15-3/h4-7,10H,1-3H3,(H,13,14)/t10-/m0/s1. The molecule has 1 aromatic carbocycles. The number of methoxy groups -OCH3 is 1. The van der Waals surface area contributed by atoms with Crippen molar-refractivity contribution in [3.63, 3.8) is 0 Å². The number of nitrogens with zero attached hydrogens (tertiary/aromatic N) is 1. The maximum Gasteiger partial charge on any atom is 0.325 e. The molecule has 0 saturated carbocycles. The highest BCUT2D eigenvalue weighted by Gasteiger charge is 2.22. The molecule has 1 rings (SSSR count). The number of likely N-dealkylation sites (N-methyl/N-ethyl adjacent to an activating group) is 1. The summed E-state index contributed by atoms with van der Waals surface area (Å²) in [6.07, 6.45) is 0. The Labute approximate surface area is 89.1 Å².